The number of nitrogens with two attached hydrogens (primary N) is 2. The van der Waals surface area contributed by atoms with Gasteiger partial charge in [0, 0.05) is 69.7 Å². The van der Waals surface area contributed by atoms with Gasteiger partial charge in [-0.25, -0.2) is 4.98 Å². The van der Waals surface area contributed by atoms with Gasteiger partial charge in [-0.3, -0.25) is 24.1 Å². The summed E-state index contributed by atoms with van der Waals surface area (Å²) < 4.78 is 9.75. The number of nitrogen functional groups attached to an aromatic ring is 1. The highest BCUT2D eigenvalue weighted by atomic mass is 32.2. The van der Waals surface area contributed by atoms with Gasteiger partial charge < -0.3 is 46.7 Å². The third-order valence-corrected chi connectivity index (χ3v) is 10.9. The predicted octanol–water partition coefficient (Wildman–Crippen LogP) is 0.913. The fourth-order valence-corrected chi connectivity index (χ4v) is 7.40. The number of methoxy groups -OCH3 is 1. The quantitative estimate of drug-likeness (QED) is 0.0433. The van der Waals surface area contributed by atoms with Gasteiger partial charge in [0.1, 0.15) is 23.0 Å². The van der Waals surface area contributed by atoms with Crippen LogP contribution in [0.1, 0.15) is 49.4 Å². The number of fused-ring (bicyclic) bond motifs is 1. The van der Waals surface area contributed by atoms with E-state index >= 15 is 0 Å². The van der Waals surface area contributed by atoms with Gasteiger partial charge in [-0.05, 0) is 24.1 Å². The molecule has 0 spiro atoms. The normalized spacial score (nSPS) is 15.0. The molecule has 4 aromatic rings. The molecule has 19 heteroatoms. The van der Waals surface area contributed by atoms with Crippen LogP contribution < -0.4 is 26.8 Å². The van der Waals surface area contributed by atoms with E-state index < -0.39 is 29.5 Å². The van der Waals surface area contributed by atoms with Crippen LogP contribution in [0.2, 0.25) is 0 Å². The number of hydrogen-bond acceptors (Lipinski definition) is 15. The molecule has 55 heavy (non-hydrogen) atoms. The molecule has 3 aromatic heterocycles. The molecule has 2 atom stereocenters. The average molecular weight is 783 g/mol. The molecule has 1 saturated heterocycles. The van der Waals surface area contributed by atoms with E-state index in [1.807, 2.05) is 12.3 Å². The van der Waals surface area contributed by atoms with Crippen LogP contribution in [0, 0.1) is 0 Å². The molecule has 4 heterocycles. The largest absolute Gasteiger partial charge is 0.496 e. The van der Waals surface area contributed by atoms with Crippen molar-refractivity contribution in [2.45, 2.75) is 76.4 Å². The summed E-state index contributed by atoms with van der Waals surface area (Å²) in [6.07, 6.45) is 5.13. The molecule has 300 valence electrons. The number of aliphatic hydroxyl groups excluding tert-OH is 1. The summed E-state index contributed by atoms with van der Waals surface area (Å²) in [6.45, 7) is 9.70. The predicted molar refractivity (Wildman–Crippen MR) is 210 cm³/mol. The number of unbranched alkanes of at least 4 members (excludes halogenated alkanes) is 2. The first-order valence-corrected chi connectivity index (χ1v) is 19.7. The number of rotatable bonds is 22. The number of hydrogen-bond donors (Lipinski definition) is 7. The van der Waals surface area contributed by atoms with E-state index in [4.69, 9.17) is 21.3 Å². The Bertz CT molecular complexity index is 1850. The van der Waals surface area contributed by atoms with E-state index in [9.17, 15) is 19.8 Å². The maximum absolute atomic E-state index is 12.4. The monoisotopic (exact) mass is 782 g/mol. The highest BCUT2D eigenvalue weighted by Crippen LogP contribution is 2.28. The van der Waals surface area contributed by atoms with Gasteiger partial charge in [-0.1, -0.05) is 37.1 Å². The maximum atomic E-state index is 12.4. The molecule has 1 amide bonds. The molecule has 0 aliphatic carbocycles. The van der Waals surface area contributed by atoms with Crippen molar-refractivity contribution < 1.29 is 29.6 Å². The van der Waals surface area contributed by atoms with Crippen LogP contribution in [0.5, 0.6) is 5.75 Å². The van der Waals surface area contributed by atoms with Crippen molar-refractivity contribution in [3.63, 3.8) is 0 Å². The van der Waals surface area contributed by atoms with Crippen molar-refractivity contribution in [3.05, 3.63) is 53.5 Å². The van der Waals surface area contributed by atoms with Gasteiger partial charge in [0.25, 0.3) is 0 Å². The second kappa shape index (κ2) is 20.4. The van der Waals surface area contributed by atoms with E-state index in [1.54, 1.807) is 18.0 Å². The lowest BCUT2D eigenvalue weighted by molar-refractivity contribution is -0.137. The number of amides is 1. The minimum Gasteiger partial charge on any atom is -0.496 e. The van der Waals surface area contributed by atoms with Crippen molar-refractivity contribution in [1.82, 2.24) is 44.6 Å². The van der Waals surface area contributed by atoms with Gasteiger partial charge in [-0.15, -0.1) is 5.10 Å². The summed E-state index contributed by atoms with van der Waals surface area (Å²) in [5.41, 5.74) is 16.0. The number of carbonyl (C=O) groups is 2. The Labute approximate surface area is 324 Å². The van der Waals surface area contributed by atoms with Crippen LogP contribution in [0.25, 0.3) is 11.0 Å². The standard InChI is InChI=1S/C36H54N12O6S/c1-3-4-5-9-39-33-32-28(41-36(38)42-33)8-10-47(32)21-25-7-6-24(17-29(25)54-2)20-46-13-11-45(12-14-46)15-16-48-22-26(43-44-48)19-40-31(49)18-30(35(52)53)55-23-27(37)34(50)51/h6-8,10,17,22,27,30,35,52-53H,3-5,9,11-16,18-21,23,37H2,1-2H3,(H,40,49)(H,50,51)(H3,38,39,41,42)/t27-,30-/m0/s1. The highest BCUT2D eigenvalue weighted by Gasteiger charge is 2.24. The summed E-state index contributed by atoms with van der Waals surface area (Å²) in [5.74, 6) is 0.155. The molecular formula is C36H54N12O6S. The fourth-order valence-electron chi connectivity index (χ4n) is 6.36. The number of piperazine rings is 1. The van der Waals surface area contributed by atoms with Crippen LogP contribution in [0.15, 0.2) is 36.7 Å². The van der Waals surface area contributed by atoms with E-state index in [2.05, 4.69) is 70.4 Å². The maximum Gasteiger partial charge on any atom is 0.321 e. The van der Waals surface area contributed by atoms with E-state index in [0.29, 0.717) is 18.8 Å². The first-order chi connectivity index (χ1) is 26.5. The molecular weight excluding hydrogens is 729 g/mol. The number of carboxylic acid groups (broad SMARTS) is 1. The molecule has 1 aliphatic rings. The Kier molecular flexibility index (Phi) is 15.4. The third-order valence-electron chi connectivity index (χ3n) is 9.49. The highest BCUT2D eigenvalue weighted by molar-refractivity contribution is 8.00. The van der Waals surface area contributed by atoms with Crippen LogP contribution in [0.4, 0.5) is 11.8 Å². The number of benzene rings is 1. The number of aromatic nitrogens is 6. The van der Waals surface area contributed by atoms with E-state index in [-0.39, 0.29) is 24.7 Å². The minimum atomic E-state index is -1.80. The molecule has 0 unspecified atom stereocenters. The second-order valence-electron chi connectivity index (χ2n) is 13.7. The molecule has 1 aromatic carbocycles. The molecule has 1 aliphatic heterocycles. The first kappa shape index (κ1) is 41.6. The summed E-state index contributed by atoms with van der Waals surface area (Å²) in [4.78, 5) is 37.1. The number of ether oxygens (including phenoxy) is 1. The SMILES string of the molecule is CCCCCNc1nc(N)nc2ccn(Cc3ccc(CN4CCN(CCn5cc(CNC(=O)C[C@H](SC[C@H](N)C(=O)O)C(O)O)nn5)CC4)cc3OC)c12. The molecule has 0 bridgehead atoms. The lowest BCUT2D eigenvalue weighted by Crippen LogP contribution is -2.46. The number of carboxylic acids is 1. The number of anilines is 2. The second-order valence-corrected chi connectivity index (χ2v) is 15.0. The lowest BCUT2D eigenvalue weighted by atomic mass is 10.1. The van der Waals surface area contributed by atoms with Crippen LogP contribution in [-0.2, 0) is 35.8 Å². The Morgan fingerprint density at radius 2 is 1.84 bits per heavy atom. The van der Waals surface area contributed by atoms with E-state index in [1.165, 1.54) is 5.56 Å². The van der Waals surface area contributed by atoms with Crippen molar-refractivity contribution in [3.8, 4) is 5.75 Å². The van der Waals surface area contributed by atoms with Crippen molar-refractivity contribution in [2.24, 2.45) is 5.73 Å². The van der Waals surface area contributed by atoms with Crippen LogP contribution in [-0.4, -0.2) is 136 Å². The van der Waals surface area contributed by atoms with E-state index in [0.717, 1.165) is 105 Å². The Morgan fingerprint density at radius 1 is 1.05 bits per heavy atom. The number of thioether (sulfide) groups is 1. The zero-order valence-electron chi connectivity index (χ0n) is 31.5. The van der Waals surface area contributed by atoms with Crippen molar-refractivity contribution in [1.29, 1.82) is 0 Å². The third kappa shape index (κ3) is 12.2. The van der Waals surface area contributed by atoms with Gasteiger partial charge in [0.15, 0.2) is 12.1 Å². The summed E-state index contributed by atoms with van der Waals surface area (Å²) in [6, 6.07) is 7.24. The van der Waals surface area contributed by atoms with Crippen molar-refractivity contribution >= 4 is 46.4 Å². The summed E-state index contributed by atoms with van der Waals surface area (Å²) in [7, 11) is 1.71. The number of nitrogens with one attached hydrogen (secondary N) is 2. The lowest BCUT2D eigenvalue weighted by Gasteiger charge is -2.34. The molecule has 18 nitrogen and oxygen atoms in total. The smallest absolute Gasteiger partial charge is 0.321 e. The summed E-state index contributed by atoms with van der Waals surface area (Å²) in [5, 5.41) is 41.7. The number of nitrogens with zero attached hydrogens (tertiary/aromatic N) is 8. The average Bonchev–Trinajstić information content (AvgIpc) is 3.80. The molecule has 9 N–H and O–H groups in total. The molecule has 0 saturated carbocycles. The molecule has 0 radical (unpaired) electrons. The Morgan fingerprint density at radius 3 is 2.56 bits per heavy atom. The van der Waals surface area contributed by atoms with Gasteiger partial charge >= 0.3 is 5.97 Å². The van der Waals surface area contributed by atoms with Crippen LogP contribution in [0.3, 0.4) is 0 Å². The van der Waals surface area contributed by atoms with Crippen LogP contribution >= 0.6 is 11.8 Å². The van der Waals surface area contributed by atoms with Gasteiger partial charge in [-0.2, -0.15) is 16.7 Å². The zero-order valence-corrected chi connectivity index (χ0v) is 32.3. The first-order valence-electron chi connectivity index (χ1n) is 18.6. The van der Waals surface area contributed by atoms with Gasteiger partial charge in [0.05, 0.1) is 43.7 Å². The number of aliphatic carboxylic acids is 1. The Balaban J connectivity index is 1.05. The Hall–Kier alpha value is -4.53. The zero-order chi connectivity index (χ0) is 39.3. The fraction of sp³-hybridized carbons (Fsp3) is 0.556. The number of carbonyl (C=O) groups excluding carboxylic acids is 1. The molecule has 5 rings (SSSR count). The van der Waals surface area contributed by atoms with Gasteiger partial charge in [0.2, 0.25) is 11.9 Å². The minimum absolute atomic E-state index is 0.0576. The molecule has 1 fully saturated rings. The van der Waals surface area contributed by atoms with Crippen molar-refractivity contribution in [2.75, 3.05) is 63.2 Å². The number of aliphatic hydroxyl groups is 2. The topological polar surface area (TPSA) is 248 Å². The summed E-state index contributed by atoms with van der Waals surface area (Å²) >= 11 is 0.926.